The summed E-state index contributed by atoms with van der Waals surface area (Å²) in [4.78, 5) is 20.2. The first-order valence-electron chi connectivity index (χ1n) is 10.7. The Morgan fingerprint density at radius 2 is 2.00 bits per heavy atom. The molecule has 2 aromatic carbocycles. The van der Waals surface area contributed by atoms with E-state index in [0.29, 0.717) is 17.4 Å². The predicted octanol–water partition coefficient (Wildman–Crippen LogP) is 6.35. The Bertz CT molecular complexity index is 1220. The number of nitrogens with one attached hydrogen (secondary N) is 1. The average Bonchev–Trinajstić information content (AvgIpc) is 3.55. The van der Waals surface area contributed by atoms with Crippen LogP contribution in [0.2, 0.25) is 0 Å². The lowest BCUT2D eigenvalue weighted by Crippen LogP contribution is -2.22. The van der Waals surface area contributed by atoms with Crippen LogP contribution in [-0.2, 0) is 6.54 Å². The lowest BCUT2D eigenvalue weighted by molar-refractivity contribution is 0.101. The monoisotopic (exact) mass is 506 g/mol. The fourth-order valence-corrected chi connectivity index (χ4v) is 5.45. The molecule has 32 heavy (non-hydrogen) atoms. The molecule has 7 heteroatoms. The van der Waals surface area contributed by atoms with Crippen LogP contribution in [-0.4, -0.2) is 22.0 Å². The van der Waals surface area contributed by atoms with Crippen molar-refractivity contribution in [3.05, 3.63) is 99.7 Å². The molecule has 0 spiro atoms. The number of hydrogen-bond acceptors (Lipinski definition) is 4. The molecule has 1 fully saturated rings. The van der Waals surface area contributed by atoms with E-state index in [4.69, 9.17) is 4.98 Å². The van der Waals surface area contributed by atoms with Gasteiger partial charge in [0.1, 0.15) is 5.69 Å². The van der Waals surface area contributed by atoms with Crippen molar-refractivity contribution in [3.63, 3.8) is 0 Å². The fraction of sp³-hybridized carbons (Fsp3) is 0.200. The maximum atomic E-state index is 13.0. The summed E-state index contributed by atoms with van der Waals surface area (Å²) in [7, 11) is 0. The van der Waals surface area contributed by atoms with Crippen LogP contribution in [0, 0.1) is 0 Å². The summed E-state index contributed by atoms with van der Waals surface area (Å²) in [5.74, 6) is -0.141. The molecule has 5 rings (SSSR count). The van der Waals surface area contributed by atoms with Gasteiger partial charge in [0.15, 0.2) is 5.13 Å². The van der Waals surface area contributed by atoms with Gasteiger partial charge in [-0.3, -0.25) is 10.1 Å². The third-order valence-corrected chi connectivity index (χ3v) is 7.00. The van der Waals surface area contributed by atoms with Gasteiger partial charge in [-0.05, 0) is 54.8 Å². The van der Waals surface area contributed by atoms with Crippen LogP contribution in [0.4, 0.5) is 10.8 Å². The number of para-hydroxylation sites is 1. The molecule has 1 atom stereocenters. The highest BCUT2D eigenvalue weighted by atomic mass is 79.9. The Kier molecular flexibility index (Phi) is 6.10. The molecule has 0 aliphatic carbocycles. The number of halogens is 1. The molecule has 1 aliphatic rings. The van der Waals surface area contributed by atoms with Gasteiger partial charge in [-0.25, -0.2) is 4.98 Å². The van der Waals surface area contributed by atoms with Crippen molar-refractivity contribution in [2.24, 2.45) is 0 Å². The molecule has 2 aromatic heterocycles. The van der Waals surface area contributed by atoms with Crippen molar-refractivity contribution in [3.8, 4) is 0 Å². The summed E-state index contributed by atoms with van der Waals surface area (Å²) in [6.45, 7) is 1.66. The smallest absolute Gasteiger partial charge is 0.274 e. The van der Waals surface area contributed by atoms with Crippen molar-refractivity contribution < 1.29 is 4.79 Å². The molecular formula is C25H23BrN4OS. The first kappa shape index (κ1) is 21.0. The Morgan fingerprint density at radius 3 is 2.84 bits per heavy atom. The fourth-order valence-electron chi connectivity index (χ4n) is 4.25. The molecule has 0 radical (unpaired) electrons. The maximum absolute atomic E-state index is 13.0. The highest BCUT2D eigenvalue weighted by molar-refractivity contribution is 9.10. The first-order valence-corrected chi connectivity index (χ1v) is 12.3. The second kappa shape index (κ2) is 9.30. The van der Waals surface area contributed by atoms with Crippen LogP contribution in [0.1, 0.15) is 40.6 Å². The Labute approximate surface area is 199 Å². The van der Waals surface area contributed by atoms with E-state index in [1.165, 1.54) is 17.0 Å². The molecular weight excluding hydrogens is 484 g/mol. The van der Waals surface area contributed by atoms with Crippen molar-refractivity contribution >= 4 is 44.0 Å². The molecule has 162 valence electrons. The number of aromatic nitrogens is 2. The SMILES string of the molecule is O=C(Nc1nc([C@H]2CCCN2c2ccccc2)cs1)c1cccn1Cc1cccc(Br)c1. The second-order valence-corrected chi connectivity index (χ2v) is 9.64. The van der Waals surface area contributed by atoms with Crippen LogP contribution < -0.4 is 10.2 Å². The summed E-state index contributed by atoms with van der Waals surface area (Å²) in [5.41, 5.74) is 3.99. The van der Waals surface area contributed by atoms with Gasteiger partial charge in [0.25, 0.3) is 5.91 Å². The summed E-state index contributed by atoms with van der Waals surface area (Å²) < 4.78 is 2.99. The predicted molar refractivity (Wildman–Crippen MR) is 134 cm³/mol. The van der Waals surface area contributed by atoms with Gasteiger partial charge in [-0.2, -0.15) is 0 Å². The number of anilines is 2. The van der Waals surface area contributed by atoms with Gasteiger partial charge >= 0.3 is 0 Å². The molecule has 1 aliphatic heterocycles. The van der Waals surface area contributed by atoms with E-state index in [0.717, 1.165) is 35.1 Å². The van der Waals surface area contributed by atoms with Crippen LogP contribution in [0.5, 0.6) is 0 Å². The molecule has 1 saturated heterocycles. The standard InChI is InChI=1S/C25H23BrN4OS/c26-19-8-4-7-18(15-19)16-29-13-5-12-23(29)24(31)28-25-27-21(17-32-25)22-11-6-14-30(22)20-9-2-1-3-10-20/h1-5,7-10,12-13,15,17,22H,6,11,14,16H2,(H,27,28,31)/t22-/m1/s1. The number of hydrogen-bond donors (Lipinski definition) is 1. The van der Waals surface area contributed by atoms with E-state index in [1.807, 2.05) is 41.1 Å². The Morgan fingerprint density at radius 1 is 1.12 bits per heavy atom. The van der Waals surface area contributed by atoms with Crippen LogP contribution >= 0.6 is 27.3 Å². The van der Waals surface area contributed by atoms with Crippen LogP contribution in [0.25, 0.3) is 0 Å². The number of thiazole rings is 1. The first-order chi connectivity index (χ1) is 15.7. The van der Waals surface area contributed by atoms with Gasteiger partial charge in [-0.1, -0.05) is 46.3 Å². The van der Waals surface area contributed by atoms with Crippen molar-refractivity contribution in [2.75, 3.05) is 16.8 Å². The zero-order valence-corrected chi connectivity index (χ0v) is 19.8. The third-order valence-electron chi connectivity index (χ3n) is 5.73. The highest BCUT2D eigenvalue weighted by Crippen LogP contribution is 2.37. The summed E-state index contributed by atoms with van der Waals surface area (Å²) >= 11 is 4.99. The number of rotatable bonds is 6. The molecule has 4 aromatic rings. The van der Waals surface area contributed by atoms with E-state index in [9.17, 15) is 4.79 Å². The minimum Gasteiger partial charge on any atom is -0.363 e. The number of carbonyl (C=O) groups excluding carboxylic acids is 1. The minimum atomic E-state index is -0.141. The molecule has 3 heterocycles. The van der Waals surface area contributed by atoms with Gasteiger partial charge in [-0.15, -0.1) is 11.3 Å². The minimum absolute atomic E-state index is 0.141. The highest BCUT2D eigenvalue weighted by Gasteiger charge is 2.28. The van der Waals surface area contributed by atoms with E-state index in [1.54, 1.807) is 0 Å². The van der Waals surface area contributed by atoms with Gasteiger partial charge < -0.3 is 9.47 Å². The van der Waals surface area contributed by atoms with E-state index < -0.39 is 0 Å². The number of nitrogens with zero attached hydrogens (tertiary/aromatic N) is 3. The van der Waals surface area contributed by atoms with E-state index in [2.05, 4.69) is 67.9 Å². The maximum Gasteiger partial charge on any atom is 0.274 e. The summed E-state index contributed by atoms with van der Waals surface area (Å²) in [6, 6.07) is 22.6. The zero-order valence-electron chi connectivity index (χ0n) is 17.4. The largest absolute Gasteiger partial charge is 0.363 e. The Balaban J connectivity index is 1.29. The molecule has 0 saturated carbocycles. The number of amides is 1. The Hall–Kier alpha value is -2.90. The molecule has 0 unspecified atom stereocenters. The second-order valence-electron chi connectivity index (χ2n) is 7.87. The number of carbonyl (C=O) groups is 1. The van der Waals surface area contributed by atoms with Crippen LogP contribution in [0.15, 0.2) is 82.8 Å². The average molecular weight is 507 g/mol. The molecule has 1 N–H and O–H groups in total. The molecule has 5 nitrogen and oxygen atoms in total. The normalized spacial score (nSPS) is 15.8. The van der Waals surface area contributed by atoms with Crippen LogP contribution in [0.3, 0.4) is 0 Å². The topological polar surface area (TPSA) is 50.2 Å². The lowest BCUT2D eigenvalue weighted by atomic mass is 10.1. The quantitative estimate of drug-likeness (QED) is 0.331. The van der Waals surface area contributed by atoms with Gasteiger partial charge in [0.2, 0.25) is 0 Å². The zero-order chi connectivity index (χ0) is 21.9. The molecule has 0 bridgehead atoms. The van der Waals surface area contributed by atoms with Gasteiger partial charge in [0, 0.05) is 34.8 Å². The van der Waals surface area contributed by atoms with Crippen molar-refractivity contribution in [2.45, 2.75) is 25.4 Å². The van der Waals surface area contributed by atoms with E-state index >= 15 is 0 Å². The third kappa shape index (κ3) is 4.49. The van der Waals surface area contributed by atoms with E-state index in [-0.39, 0.29) is 11.9 Å². The van der Waals surface area contributed by atoms with Gasteiger partial charge in [0.05, 0.1) is 11.7 Å². The number of benzene rings is 2. The summed E-state index contributed by atoms with van der Waals surface area (Å²) in [5, 5.41) is 5.71. The van der Waals surface area contributed by atoms with Crippen molar-refractivity contribution in [1.29, 1.82) is 0 Å². The summed E-state index contributed by atoms with van der Waals surface area (Å²) in [6.07, 6.45) is 4.14. The van der Waals surface area contributed by atoms with Crippen molar-refractivity contribution in [1.82, 2.24) is 9.55 Å². The molecule has 1 amide bonds. The lowest BCUT2D eigenvalue weighted by Gasteiger charge is -2.25.